The van der Waals surface area contributed by atoms with Crippen LogP contribution < -0.4 is 4.72 Å². The van der Waals surface area contributed by atoms with Gasteiger partial charge in [-0.25, -0.2) is 4.98 Å². The molecule has 2 heterocycles. The molecule has 7 nitrogen and oxygen atoms in total. The van der Waals surface area contributed by atoms with Crippen molar-refractivity contribution in [3.05, 3.63) is 49.1 Å². The first-order valence-corrected chi connectivity index (χ1v) is 7.14. The average molecular weight is 290 g/mol. The smallest absolute Gasteiger partial charge is 0.278 e. The van der Waals surface area contributed by atoms with Crippen LogP contribution >= 0.6 is 0 Å². The molecular formula is C12H10N4O3S. The maximum absolute atomic E-state index is 12.0. The minimum atomic E-state index is -3.67. The number of nitrogens with one attached hydrogen (secondary N) is 2. The highest BCUT2D eigenvalue weighted by Crippen LogP contribution is 2.23. The van der Waals surface area contributed by atoms with Crippen LogP contribution in [0.25, 0.3) is 11.3 Å². The van der Waals surface area contributed by atoms with E-state index in [1.165, 1.54) is 18.7 Å². The fourth-order valence-electron chi connectivity index (χ4n) is 1.70. The quantitative estimate of drug-likeness (QED) is 0.763. The summed E-state index contributed by atoms with van der Waals surface area (Å²) in [5.41, 5.74) is 1.15. The van der Waals surface area contributed by atoms with Crippen LogP contribution in [-0.4, -0.2) is 23.6 Å². The second-order valence-electron chi connectivity index (χ2n) is 3.97. The number of aromatic amines is 1. The summed E-state index contributed by atoms with van der Waals surface area (Å²) in [7, 11) is -3.67. The Morgan fingerprint density at radius 1 is 1.25 bits per heavy atom. The first-order valence-electron chi connectivity index (χ1n) is 5.66. The molecule has 0 saturated carbocycles. The Kier molecular flexibility index (Phi) is 2.99. The van der Waals surface area contributed by atoms with Crippen LogP contribution in [0.1, 0.15) is 0 Å². The van der Waals surface area contributed by atoms with Crippen molar-refractivity contribution in [2.24, 2.45) is 0 Å². The van der Waals surface area contributed by atoms with Crippen molar-refractivity contribution in [1.82, 2.24) is 15.2 Å². The van der Waals surface area contributed by atoms with Gasteiger partial charge in [0.25, 0.3) is 10.0 Å². The van der Waals surface area contributed by atoms with Gasteiger partial charge < -0.3 is 4.42 Å². The van der Waals surface area contributed by atoms with E-state index in [-0.39, 0.29) is 5.03 Å². The van der Waals surface area contributed by atoms with E-state index in [0.29, 0.717) is 11.4 Å². The van der Waals surface area contributed by atoms with Crippen LogP contribution in [0.2, 0.25) is 0 Å². The van der Waals surface area contributed by atoms with E-state index in [2.05, 4.69) is 19.9 Å². The van der Waals surface area contributed by atoms with Gasteiger partial charge in [0.1, 0.15) is 0 Å². The van der Waals surface area contributed by atoms with Crippen LogP contribution in [0.3, 0.4) is 0 Å². The molecule has 102 valence electrons. The van der Waals surface area contributed by atoms with E-state index in [0.717, 1.165) is 5.56 Å². The molecule has 0 saturated heterocycles. The normalized spacial score (nSPS) is 11.4. The number of rotatable bonds is 4. The van der Waals surface area contributed by atoms with Gasteiger partial charge in [0.05, 0.1) is 12.4 Å². The highest BCUT2D eigenvalue weighted by Gasteiger charge is 2.15. The van der Waals surface area contributed by atoms with E-state index in [1.54, 1.807) is 30.5 Å². The molecule has 1 aromatic carbocycles. The maximum Gasteiger partial charge on any atom is 0.278 e. The van der Waals surface area contributed by atoms with E-state index >= 15 is 0 Å². The number of sulfonamides is 1. The molecule has 20 heavy (non-hydrogen) atoms. The molecule has 0 aliphatic heterocycles. The lowest BCUT2D eigenvalue weighted by Crippen LogP contribution is -2.13. The third kappa shape index (κ3) is 2.41. The van der Waals surface area contributed by atoms with Crippen LogP contribution in [-0.2, 0) is 10.0 Å². The van der Waals surface area contributed by atoms with E-state index < -0.39 is 10.0 Å². The van der Waals surface area contributed by atoms with Gasteiger partial charge in [-0.2, -0.15) is 13.5 Å². The third-order valence-corrected chi connectivity index (χ3v) is 3.91. The van der Waals surface area contributed by atoms with E-state index in [4.69, 9.17) is 4.42 Å². The summed E-state index contributed by atoms with van der Waals surface area (Å²) in [4.78, 5) is 3.82. The second kappa shape index (κ2) is 4.82. The first kappa shape index (κ1) is 12.4. The van der Waals surface area contributed by atoms with Crippen molar-refractivity contribution >= 4 is 15.7 Å². The molecule has 3 rings (SSSR count). The van der Waals surface area contributed by atoms with Crippen LogP contribution in [0, 0.1) is 0 Å². The van der Waals surface area contributed by atoms with Gasteiger partial charge >= 0.3 is 0 Å². The van der Waals surface area contributed by atoms with Gasteiger partial charge in [-0.15, -0.1) is 0 Å². The molecule has 0 aliphatic rings. The molecule has 0 spiro atoms. The van der Waals surface area contributed by atoms with Crippen molar-refractivity contribution in [2.75, 3.05) is 4.72 Å². The molecule has 2 aromatic heterocycles. The standard InChI is InChI=1S/C12H10N4O3S/c17-20(18,12-4-5-14-15-12)16-10-3-1-2-9(6-10)11-7-13-8-19-11/h1-8,16H,(H,14,15). The highest BCUT2D eigenvalue weighted by atomic mass is 32.2. The molecule has 0 atom stereocenters. The first-order chi connectivity index (χ1) is 9.65. The number of benzene rings is 1. The Hall–Kier alpha value is -2.61. The molecule has 0 aliphatic carbocycles. The van der Waals surface area contributed by atoms with Crippen LogP contribution in [0.4, 0.5) is 5.69 Å². The van der Waals surface area contributed by atoms with Crippen molar-refractivity contribution in [3.8, 4) is 11.3 Å². The number of hydrogen-bond acceptors (Lipinski definition) is 5. The molecule has 0 radical (unpaired) electrons. The predicted molar refractivity (Wildman–Crippen MR) is 71.3 cm³/mol. The van der Waals surface area contributed by atoms with Crippen LogP contribution in [0.5, 0.6) is 0 Å². The third-order valence-electron chi connectivity index (χ3n) is 2.60. The van der Waals surface area contributed by atoms with Crippen molar-refractivity contribution in [1.29, 1.82) is 0 Å². The van der Waals surface area contributed by atoms with E-state index in [9.17, 15) is 8.42 Å². The Labute approximate surface area is 114 Å². The summed E-state index contributed by atoms with van der Waals surface area (Å²) in [6.45, 7) is 0. The van der Waals surface area contributed by atoms with E-state index in [1.807, 2.05) is 0 Å². The summed E-state index contributed by atoms with van der Waals surface area (Å²) in [5, 5.41) is 6.03. The lowest BCUT2D eigenvalue weighted by atomic mass is 10.2. The zero-order valence-electron chi connectivity index (χ0n) is 10.1. The zero-order chi connectivity index (χ0) is 14.0. The number of oxazole rings is 1. The molecule has 0 amide bonds. The van der Waals surface area contributed by atoms with Gasteiger partial charge in [0.15, 0.2) is 17.2 Å². The second-order valence-corrected chi connectivity index (χ2v) is 5.62. The minimum absolute atomic E-state index is 0.00238. The summed E-state index contributed by atoms with van der Waals surface area (Å²) in [6.07, 6.45) is 4.25. The molecule has 3 aromatic rings. The SMILES string of the molecule is O=S(=O)(Nc1cccc(-c2cnco2)c1)c1ccn[nH]1. The van der Waals surface area contributed by atoms with Gasteiger partial charge in [-0.05, 0) is 18.2 Å². The summed E-state index contributed by atoms with van der Waals surface area (Å²) >= 11 is 0. The largest absolute Gasteiger partial charge is 0.444 e. The molecule has 0 fully saturated rings. The van der Waals surface area contributed by atoms with Crippen molar-refractivity contribution in [3.63, 3.8) is 0 Å². The fourth-order valence-corrected chi connectivity index (χ4v) is 2.66. The number of hydrogen-bond donors (Lipinski definition) is 2. The van der Waals surface area contributed by atoms with Crippen LogP contribution in [0.15, 0.2) is 58.6 Å². The number of nitrogens with zero attached hydrogens (tertiary/aromatic N) is 2. The molecular weight excluding hydrogens is 280 g/mol. The minimum Gasteiger partial charge on any atom is -0.444 e. The summed E-state index contributed by atoms with van der Waals surface area (Å²) in [6, 6.07) is 8.21. The molecule has 0 bridgehead atoms. The summed E-state index contributed by atoms with van der Waals surface area (Å²) in [5.74, 6) is 0.563. The Bertz CT molecular complexity index is 795. The molecule has 2 N–H and O–H groups in total. The highest BCUT2D eigenvalue weighted by molar-refractivity contribution is 7.92. The van der Waals surface area contributed by atoms with Gasteiger partial charge in [0, 0.05) is 11.3 Å². The zero-order valence-corrected chi connectivity index (χ0v) is 11.0. The van der Waals surface area contributed by atoms with Crippen molar-refractivity contribution in [2.45, 2.75) is 5.03 Å². The topological polar surface area (TPSA) is 101 Å². The Morgan fingerprint density at radius 3 is 2.85 bits per heavy atom. The Balaban J connectivity index is 1.91. The Morgan fingerprint density at radius 2 is 2.15 bits per heavy atom. The van der Waals surface area contributed by atoms with Gasteiger partial charge in [-0.1, -0.05) is 12.1 Å². The van der Waals surface area contributed by atoms with Crippen molar-refractivity contribution < 1.29 is 12.8 Å². The maximum atomic E-state index is 12.0. The van der Waals surface area contributed by atoms with Gasteiger partial charge in [-0.3, -0.25) is 9.82 Å². The molecule has 8 heteroatoms. The van der Waals surface area contributed by atoms with Gasteiger partial charge in [0.2, 0.25) is 0 Å². The lowest BCUT2D eigenvalue weighted by Gasteiger charge is -2.07. The number of aromatic nitrogens is 3. The average Bonchev–Trinajstić information content (AvgIpc) is 3.12. The fraction of sp³-hybridized carbons (Fsp3) is 0. The number of H-pyrrole nitrogens is 1. The summed E-state index contributed by atoms with van der Waals surface area (Å²) < 4.78 is 31.7. The lowest BCUT2D eigenvalue weighted by molar-refractivity contribution is 0.572. The monoisotopic (exact) mass is 290 g/mol. The molecule has 0 unspecified atom stereocenters. The predicted octanol–water partition coefficient (Wildman–Crippen LogP) is 1.87. The number of anilines is 1.